The minimum Gasteiger partial charge on any atom is -0.361 e. The molecular weight excluding hydrogens is 592 g/mol. The van der Waals surface area contributed by atoms with Crippen molar-refractivity contribution in [3.05, 3.63) is 131 Å². The molecule has 222 valence electrons. The molecule has 4 aromatic carbocycles. The van der Waals surface area contributed by atoms with Crippen LogP contribution in [0.2, 0.25) is 5.02 Å². The molecule has 0 saturated heterocycles. The van der Waals surface area contributed by atoms with E-state index in [1.54, 1.807) is 48.7 Å². The molecule has 0 saturated carbocycles. The Morgan fingerprint density at radius 3 is 2.41 bits per heavy atom. The second-order valence-corrected chi connectivity index (χ2v) is 11.8. The number of fused-ring (bicyclic) bond motifs is 1. The Kier molecular flexibility index (Phi) is 9.84. The number of hydrogen-bond donors (Lipinski definition) is 4. The Labute approximate surface area is 265 Å². The number of H-pyrrole nitrogens is 1. The standard InChI is InChI=1S/C35H31ClN4O3S/c1-3-32(35(43)39-26-17-16-22(2)29(36)20-26)44-27-13-9-12-25(19-27)38-34(42)31(40-33(41)23-10-5-4-6-11-23)18-24-21-37-30-15-8-7-14-28(24)30/h4-21,32,37H,3H2,1-2H3,(H,38,42)(H,39,43)(H,40,41)/b31-18-. The van der Waals surface area contributed by atoms with Gasteiger partial charge in [0.2, 0.25) is 5.91 Å². The van der Waals surface area contributed by atoms with Crippen molar-refractivity contribution < 1.29 is 14.4 Å². The van der Waals surface area contributed by atoms with E-state index in [-0.39, 0.29) is 16.9 Å². The topological polar surface area (TPSA) is 103 Å². The van der Waals surface area contributed by atoms with Crippen molar-refractivity contribution in [3.63, 3.8) is 0 Å². The first-order valence-electron chi connectivity index (χ1n) is 14.1. The number of halogens is 1. The summed E-state index contributed by atoms with van der Waals surface area (Å²) in [4.78, 5) is 43.7. The predicted molar refractivity (Wildman–Crippen MR) is 180 cm³/mol. The Bertz CT molecular complexity index is 1850. The van der Waals surface area contributed by atoms with Crippen molar-refractivity contribution in [2.75, 3.05) is 10.6 Å². The van der Waals surface area contributed by atoms with Crippen molar-refractivity contribution in [2.24, 2.45) is 0 Å². The smallest absolute Gasteiger partial charge is 0.272 e. The van der Waals surface area contributed by atoms with E-state index in [2.05, 4.69) is 20.9 Å². The third kappa shape index (κ3) is 7.58. The first-order valence-corrected chi connectivity index (χ1v) is 15.4. The normalized spacial score (nSPS) is 12.0. The molecule has 0 fully saturated rings. The lowest BCUT2D eigenvalue weighted by Crippen LogP contribution is -2.30. The highest BCUT2D eigenvalue weighted by atomic mass is 35.5. The number of aromatic amines is 1. The number of anilines is 2. The number of para-hydroxylation sites is 1. The van der Waals surface area contributed by atoms with Gasteiger partial charge in [-0.25, -0.2) is 0 Å². The second-order valence-electron chi connectivity index (χ2n) is 10.1. The van der Waals surface area contributed by atoms with Gasteiger partial charge >= 0.3 is 0 Å². The van der Waals surface area contributed by atoms with Crippen molar-refractivity contribution in [3.8, 4) is 0 Å². The highest BCUT2D eigenvalue weighted by Crippen LogP contribution is 2.29. The number of aryl methyl sites for hydroxylation is 1. The maximum Gasteiger partial charge on any atom is 0.272 e. The monoisotopic (exact) mass is 622 g/mol. The summed E-state index contributed by atoms with van der Waals surface area (Å²) in [6.45, 7) is 3.85. The third-order valence-corrected chi connectivity index (χ3v) is 8.69. The van der Waals surface area contributed by atoms with Crippen LogP contribution in [0.5, 0.6) is 0 Å². The van der Waals surface area contributed by atoms with Gasteiger partial charge in [-0.2, -0.15) is 0 Å². The highest BCUT2D eigenvalue weighted by molar-refractivity contribution is 8.00. The van der Waals surface area contributed by atoms with Crippen LogP contribution in [0, 0.1) is 6.92 Å². The molecule has 0 aliphatic carbocycles. The molecule has 7 nitrogen and oxygen atoms in total. The van der Waals surface area contributed by atoms with E-state index >= 15 is 0 Å². The number of benzene rings is 4. The van der Waals surface area contributed by atoms with Gasteiger partial charge in [0.05, 0.1) is 5.25 Å². The number of aromatic nitrogens is 1. The van der Waals surface area contributed by atoms with Gasteiger partial charge in [-0.1, -0.05) is 67.1 Å². The summed E-state index contributed by atoms with van der Waals surface area (Å²) in [5, 5.41) is 9.78. The maximum atomic E-state index is 13.6. The zero-order chi connectivity index (χ0) is 31.1. The zero-order valence-electron chi connectivity index (χ0n) is 24.2. The second kappa shape index (κ2) is 14.1. The summed E-state index contributed by atoms with van der Waals surface area (Å²) in [6, 6.07) is 29.1. The van der Waals surface area contributed by atoms with E-state index < -0.39 is 11.8 Å². The van der Waals surface area contributed by atoms with Crippen molar-refractivity contribution in [1.82, 2.24) is 10.3 Å². The van der Waals surface area contributed by atoms with Crippen molar-refractivity contribution >= 4 is 69.4 Å². The van der Waals surface area contributed by atoms with E-state index in [1.165, 1.54) is 11.8 Å². The Hall–Kier alpha value is -4.79. The fourth-order valence-electron chi connectivity index (χ4n) is 4.54. The van der Waals surface area contributed by atoms with E-state index in [1.807, 2.05) is 74.5 Å². The molecule has 9 heteroatoms. The van der Waals surface area contributed by atoms with Crippen LogP contribution in [0.1, 0.15) is 34.8 Å². The molecule has 1 aromatic heterocycles. The number of amides is 3. The largest absolute Gasteiger partial charge is 0.361 e. The van der Waals surface area contributed by atoms with Crippen LogP contribution < -0.4 is 16.0 Å². The van der Waals surface area contributed by atoms with Crippen LogP contribution in [0.3, 0.4) is 0 Å². The number of nitrogens with one attached hydrogen (secondary N) is 4. The number of carbonyl (C=O) groups is 3. The molecule has 0 radical (unpaired) electrons. The van der Waals surface area contributed by atoms with Crippen molar-refractivity contribution in [2.45, 2.75) is 30.4 Å². The molecule has 0 aliphatic heterocycles. The molecule has 0 spiro atoms. The average molecular weight is 623 g/mol. The van der Waals surface area contributed by atoms with Crippen LogP contribution >= 0.6 is 23.4 Å². The molecule has 0 bridgehead atoms. The molecule has 3 amide bonds. The Morgan fingerprint density at radius 1 is 0.886 bits per heavy atom. The molecule has 1 atom stereocenters. The molecule has 4 N–H and O–H groups in total. The number of hydrogen-bond acceptors (Lipinski definition) is 4. The van der Waals surface area contributed by atoms with E-state index in [4.69, 9.17) is 11.6 Å². The van der Waals surface area contributed by atoms with Crippen LogP contribution in [-0.2, 0) is 9.59 Å². The lowest BCUT2D eigenvalue weighted by atomic mass is 10.1. The zero-order valence-corrected chi connectivity index (χ0v) is 25.8. The number of rotatable bonds is 10. The molecule has 5 rings (SSSR count). The van der Waals surface area contributed by atoms with Gasteiger partial charge in [0.15, 0.2) is 0 Å². The molecule has 1 unspecified atom stereocenters. The SMILES string of the molecule is CCC(Sc1cccc(NC(=O)/C(=C/c2c[nH]c3ccccc23)NC(=O)c2ccccc2)c1)C(=O)Nc1ccc(C)c(Cl)c1. The minimum absolute atomic E-state index is 0.0873. The van der Waals surface area contributed by atoms with Gasteiger partial charge in [0.25, 0.3) is 11.8 Å². The van der Waals surface area contributed by atoms with Gasteiger partial charge in [-0.3, -0.25) is 14.4 Å². The quantitative estimate of drug-likeness (QED) is 0.0934. The molecular formula is C35H31ClN4O3S. The van der Waals surface area contributed by atoms with Gasteiger partial charge in [-0.15, -0.1) is 11.8 Å². The highest BCUT2D eigenvalue weighted by Gasteiger charge is 2.20. The summed E-state index contributed by atoms with van der Waals surface area (Å²) >= 11 is 7.63. The summed E-state index contributed by atoms with van der Waals surface area (Å²) in [7, 11) is 0. The first-order chi connectivity index (χ1) is 21.3. The summed E-state index contributed by atoms with van der Waals surface area (Å²) in [5.41, 5.74) is 4.29. The molecule has 0 aliphatic rings. The Morgan fingerprint density at radius 2 is 1.64 bits per heavy atom. The number of carbonyl (C=O) groups excluding carboxylic acids is 3. The fraction of sp³-hybridized carbons (Fsp3) is 0.114. The Balaban J connectivity index is 1.34. The summed E-state index contributed by atoms with van der Waals surface area (Å²) < 4.78 is 0. The number of thioether (sulfide) groups is 1. The first kappa shape index (κ1) is 30.7. The minimum atomic E-state index is -0.484. The van der Waals surface area contributed by atoms with Gasteiger partial charge in [0, 0.05) is 49.5 Å². The van der Waals surface area contributed by atoms with E-state index in [0.29, 0.717) is 28.4 Å². The van der Waals surface area contributed by atoms with Crippen LogP contribution in [-0.4, -0.2) is 28.0 Å². The predicted octanol–water partition coefficient (Wildman–Crippen LogP) is 8.05. The molecule has 44 heavy (non-hydrogen) atoms. The lowest BCUT2D eigenvalue weighted by Gasteiger charge is -2.16. The van der Waals surface area contributed by atoms with Crippen molar-refractivity contribution in [1.29, 1.82) is 0 Å². The average Bonchev–Trinajstić information content (AvgIpc) is 3.44. The summed E-state index contributed by atoms with van der Waals surface area (Å²) in [6.07, 6.45) is 4.04. The van der Waals surface area contributed by atoms with E-state index in [9.17, 15) is 14.4 Å². The maximum absolute atomic E-state index is 13.6. The molecule has 5 aromatic rings. The van der Waals surface area contributed by atoms with Gasteiger partial charge in [-0.05, 0) is 73.5 Å². The van der Waals surface area contributed by atoms with Gasteiger partial charge in [0.1, 0.15) is 5.70 Å². The fourth-order valence-corrected chi connectivity index (χ4v) is 5.73. The van der Waals surface area contributed by atoms with Crippen LogP contribution in [0.4, 0.5) is 11.4 Å². The molecule has 1 heterocycles. The van der Waals surface area contributed by atoms with Crippen LogP contribution in [0.15, 0.2) is 114 Å². The third-order valence-electron chi connectivity index (χ3n) is 6.92. The summed E-state index contributed by atoms with van der Waals surface area (Å²) in [5.74, 6) is -1.02. The lowest BCUT2D eigenvalue weighted by molar-refractivity contribution is -0.116. The van der Waals surface area contributed by atoms with Crippen LogP contribution in [0.25, 0.3) is 17.0 Å². The van der Waals surface area contributed by atoms with Gasteiger partial charge < -0.3 is 20.9 Å². The van der Waals surface area contributed by atoms with E-state index in [0.717, 1.165) is 26.9 Å².